The second-order valence-corrected chi connectivity index (χ2v) is 10.6. The van der Waals surface area contributed by atoms with Gasteiger partial charge >= 0.3 is 12.1 Å². The summed E-state index contributed by atoms with van der Waals surface area (Å²) < 4.78 is 43.7. The maximum atomic E-state index is 13.3. The summed E-state index contributed by atoms with van der Waals surface area (Å²) in [4.78, 5) is 55.5. The highest BCUT2D eigenvalue weighted by Gasteiger charge is 2.30. The first-order valence-corrected chi connectivity index (χ1v) is 14.7. The lowest BCUT2D eigenvalue weighted by atomic mass is 9.98. The number of rotatable bonds is 10. The van der Waals surface area contributed by atoms with Crippen molar-refractivity contribution < 1.29 is 37.1 Å². The number of aromatic nitrogens is 1. The van der Waals surface area contributed by atoms with Crippen LogP contribution in [0.15, 0.2) is 109 Å². The van der Waals surface area contributed by atoms with Crippen LogP contribution in [0.2, 0.25) is 0 Å². The molecule has 0 fully saturated rings. The number of hydrogen-bond acceptors (Lipinski definition) is 6. The van der Waals surface area contributed by atoms with Crippen LogP contribution in [-0.4, -0.2) is 42.3 Å². The molecule has 0 aliphatic rings. The van der Waals surface area contributed by atoms with Crippen LogP contribution in [0, 0.1) is 0 Å². The zero-order chi connectivity index (χ0) is 34.3. The number of methoxy groups -OCH3 is 1. The summed E-state index contributed by atoms with van der Waals surface area (Å²) in [6, 6.07) is 26.7. The molecule has 0 unspecified atom stereocenters. The number of ether oxygens (including phenoxy) is 1. The monoisotopic (exact) mass is 654 g/mol. The third kappa shape index (κ3) is 8.02. The van der Waals surface area contributed by atoms with Crippen molar-refractivity contribution in [1.82, 2.24) is 15.6 Å². The third-order valence-corrected chi connectivity index (χ3v) is 7.41. The smallest absolute Gasteiger partial charge is 0.416 e. The minimum absolute atomic E-state index is 0.0243. The van der Waals surface area contributed by atoms with Crippen LogP contribution in [0.1, 0.15) is 44.3 Å². The summed E-state index contributed by atoms with van der Waals surface area (Å²) in [7, 11) is 1.25. The fourth-order valence-electron chi connectivity index (χ4n) is 4.94. The second kappa shape index (κ2) is 14.6. The van der Waals surface area contributed by atoms with Crippen molar-refractivity contribution >= 4 is 40.4 Å². The minimum atomic E-state index is -4.48. The van der Waals surface area contributed by atoms with Gasteiger partial charge in [-0.1, -0.05) is 60.7 Å². The maximum absolute atomic E-state index is 13.3. The number of esters is 1. The Kier molecular flexibility index (Phi) is 10.1. The Balaban J connectivity index is 1.30. The number of fused-ring (bicyclic) bond motifs is 1. The molecule has 5 aromatic rings. The van der Waals surface area contributed by atoms with Crippen LogP contribution in [0.4, 0.5) is 19.0 Å². The van der Waals surface area contributed by atoms with Gasteiger partial charge < -0.3 is 20.7 Å². The molecule has 1 aromatic heterocycles. The van der Waals surface area contributed by atoms with E-state index in [1.807, 2.05) is 0 Å². The Morgan fingerprint density at radius 1 is 0.812 bits per heavy atom. The Bertz CT molecular complexity index is 1970. The number of hydrogen-bond donors (Lipinski definition) is 3. The Labute approximate surface area is 273 Å². The van der Waals surface area contributed by atoms with Crippen LogP contribution >= 0.6 is 0 Å². The molecule has 3 amide bonds. The Morgan fingerprint density at radius 3 is 2.23 bits per heavy atom. The van der Waals surface area contributed by atoms with Gasteiger partial charge in [0.25, 0.3) is 11.8 Å². The number of carbonyl (C=O) groups is 4. The first-order chi connectivity index (χ1) is 23.0. The van der Waals surface area contributed by atoms with E-state index < -0.39 is 41.5 Å². The Hall–Kier alpha value is -6.04. The largest absolute Gasteiger partial charge is 0.469 e. The molecule has 0 saturated heterocycles. The van der Waals surface area contributed by atoms with Crippen LogP contribution in [0.25, 0.3) is 22.0 Å². The molecule has 1 heterocycles. The normalized spacial score (nSPS) is 11.8. The van der Waals surface area contributed by atoms with E-state index in [0.29, 0.717) is 27.6 Å². The third-order valence-electron chi connectivity index (χ3n) is 7.41. The number of anilines is 1. The van der Waals surface area contributed by atoms with Crippen molar-refractivity contribution in [2.24, 2.45) is 0 Å². The lowest BCUT2D eigenvalue weighted by molar-refractivity contribution is -0.140. The zero-order valence-electron chi connectivity index (χ0n) is 25.5. The molecule has 5 rings (SSSR count). The Morgan fingerprint density at radius 2 is 1.52 bits per heavy atom. The highest BCUT2D eigenvalue weighted by atomic mass is 19.4. The first kappa shape index (κ1) is 33.3. The SMILES string of the molecule is COC(=O)CCNC(=O)[C@@H](NC(=O)c1ccc2nc(NC(=O)c3ccccc3-c3ccc(C(F)(F)F)cc3)ccc2c1)c1ccccc1. The molecule has 244 valence electrons. The fraction of sp³-hybridized carbons (Fsp3) is 0.139. The summed E-state index contributed by atoms with van der Waals surface area (Å²) in [5.41, 5.74) is 1.63. The zero-order valence-corrected chi connectivity index (χ0v) is 25.5. The van der Waals surface area contributed by atoms with Crippen LogP contribution in [0.3, 0.4) is 0 Å². The van der Waals surface area contributed by atoms with Gasteiger partial charge in [0.05, 0.1) is 24.6 Å². The number of nitrogens with one attached hydrogen (secondary N) is 3. The number of carbonyl (C=O) groups excluding carboxylic acids is 4. The van der Waals surface area contributed by atoms with Gasteiger partial charge in [-0.25, -0.2) is 4.98 Å². The molecule has 0 bridgehead atoms. The van der Waals surface area contributed by atoms with Gasteiger partial charge in [0, 0.05) is 23.1 Å². The highest BCUT2D eigenvalue weighted by molar-refractivity contribution is 6.09. The molecule has 12 heteroatoms. The maximum Gasteiger partial charge on any atom is 0.416 e. The number of amides is 3. The highest BCUT2D eigenvalue weighted by Crippen LogP contribution is 2.32. The van der Waals surface area contributed by atoms with Gasteiger partial charge in [-0.3, -0.25) is 19.2 Å². The molecule has 0 aliphatic carbocycles. The van der Waals surface area contributed by atoms with Gasteiger partial charge in [-0.15, -0.1) is 0 Å². The summed E-state index contributed by atoms with van der Waals surface area (Å²) in [5.74, 6) is -1.79. The van der Waals surface area contributed by atoms with E-state index in [-0.39, 0.29) is 29.9 Å². The van der Waals surface area contributed by atoms with Crippen LogP contribution in [0.5, 0.6) is 0 Å². The van der Waals surface area contributed by atoms with Crippen LogP contribution < -0.4 is 16.0 Å². The van der Waals surface area contributed by atoms with E-state index in [2.05, 4.69) is 25.7 Å². The van der Waals surface area contributed by atoms with Gasteiger partial charge in [0.15, 0.2) is 0 Å². The van der Waals surface area contributed by atoms with Crippen molar-refractivity contribution in [1.29, 1.82) is 0 Å². The van der Waals surface area contributed by atoms with Crippen molar-refractivity contribution in [3.05, 3.63) is 131 Å². The average molecular weight is 655 g/mol. The molecule has 0 saturated carbocycles. The van der Waals surface area contributed by atoms with Crippen molar-refractivity contribution in [2.45, 2.75) is 18.6 Å². The van der Waals surface area contributed by atoms with E-state index >= 15 is 0 Å². The standard InChI is InChI=1S/C36H29F3N4O5/c1-48-31(44)19-20-40-35(47)32(23-7-3-2-4-8-23)43-33(45)25-13-17-29-24(21-25)14-18-30(41-29)42-34(46)28-10-6-5-9-27(28)22-11-15-26(16-12-22)36(37,38)39/h2-18,21,32H,19-20H2,1H3,(H,40,47)(H,43,45)(H,41,42,46)/t32-/m0/s1. The fourth-order valence-corrected chi connectivity index (χ4v) is 4.94. The summed E-state index contributed by atoms with van der Waals surface area (Å²) in [6.07, 6.45) is -4.50. The quantitative estimate of drug-likeness (QED) is 0.151. The number of halogens is 3. The molecule has 3 N–H and O–H groups in total. The molecule has 48 heavy (non-hydrogen) atoms. The number of alkyl halides is 3. The average Bonchev–Trinajstić information content (AvgIpc) is 3.10. The predicted octanol–water partition coefficient (Wildman–Crippen LogP) is 6.32. The van der Waals surface area contributed by atoms with Crippen molar-refractivity contribution in [3.8, 4) is 11.1 Å². The molecular formula is C36H29F3N4O5. The van der Waals surface area contributed by atoms with Crippen molar-refractivity contribution in [3.63, 3.8) is 0 Å². The predicted molar refractivity (Wildman–Crippen MR) is 173 cm³/mol. The topological polar surface area (TPSA) is 126 Å². The minimum Gasteiger partial charge on any atom is -0.469 e. The summed E-state index contributed by atoms with van der Waals surface area (Å²) in [6.45, 7) is 0.0336. The number of benzene rings is 4. The molecule has 9 nitrogen and oxygen atoms in total. The summed E-state index contributed by atoms with van der Waals surface area (Å²) >= 11 is 0. The number of nitrogens with zero attached hydrogens (tertiary/aromatic N) is 1. The summed E-state index contributed by atoms with van der Waals surface area (Å²) in [5, 5.41) is 8.72. The molecule has 4 aromatic carbocycles. The molecule has 1 atom stereocenters. The van der Waals surface area contributed by atoms with E-state index in [4.69, 9.17) is 0 Å². The molecule has 0 spiro atoms. The lowest BCUT2D eigenvalue weighted by Crippen LogP contribution is -2.41. The number of pyridine rings is 1. The first-order valence-electron chi connectivity index (χ1n) is 14.7. The van der Waals surface area contributed by atoms with Gasteiger partial charge in [0.2, 0.25) is 5.91 Å². The molecule has 0 radical (unpaired) electrons. The van der Waals surface area contributed by atoms with Gasteiger partial charge in [-0.2, -0.15) is 13.2 Å². The van der Waals surface area contributed by atoms with E-state index in [9.17, 15) is 32.3 Å². The van der Waals surface area contributed by atoms with E-state index in [0.717, 1.165) is 12.1 Å². The van der Waals surface area contributed by atoms with Gasteiger partial charge in [0.1, 0.15) is 11.9 Å². The van der Waals surface area contributed by atoms with Gasteiger partial charge in [-0.05, 0) is 65.2 Å². The molecule has 0 aliphatic heterocycles. The second-order valence-electron chi connectivity index (χ2n) is 10.6. The van der Waals surface area contributed by atoms with E-state index in [1.165, 1.54) is 25.3 Å². The van der Waals surface area contributed by atoms with Crippen molar-refractivity contribution in [2.75, 3.05) is 19.0 Å². The van der Waals surface area contributed by atoms with Crippen LogP contribution in [-0.2, 0) is 20.5 Å². The lowest BCUT2D eigenvalue weighted by Gasteiger charge is -2.19. The van der Waals surface area contributed by atoms with E-state index in [1.54, 1.807) is 78.9 Å². The molecular weight excluding hydrogens is 625 g/mol.